The number of nitrogens with one attached hydrogen (secondary N) is 1. The lowest BCUT2D eigenvalue weighted by molar-refractivity contribution is 0.0953. The van der Waals surface area contributed by atoms with Gasteiger partial charge in [0.25, 0.3) is 11.5 Å². The van der Waals surface area contributed by atoms with Crippen LogP contribution in [0.15, 0.2) is 76.8 Å². The summed E-state index contributed by atoms with van der Waals surface area (Å²) in [6, 6.07) is 18.5. The number of carbonyl (C=O) groups is 1. The summed E-state index contributed by atoms with van der Waals surface area (Å²) in [5, 5.41) is 3.99. The maximum absolute atomic E-state index is 12.7. The van der Waals surface area contributed by atoms with E-state index in [0.717, 1.165) is 22.4 Å². The van der Waals surface area contributed by atoms with Gasteiger partial charge in [0.1, 0.15) is 11.3 Å². The second kappa shape index (κ2) is 10.4. The fraction of sp³-hybridized carbons (Fsp3) is 0.240. The summed E-state index contributed by atoms with van der Waals surface area (Å²) in [6.45, 7) is 7.20. The molecule has 1 N–H and O–H groups in total. The molecule has 6 heteroatoms. The summed E-state index contributed by atoms with van der Waals surface area (Å²) in [7, 11) is 0. The second-order valence-electron chi connectivity index (χ2n) is 7.82. The molecular formula is C25H27N3O3. The van der Waals surface area contributed by atoms with Gasteiger partial charge in [0, 0.05) is 6.20 Å². The number of pyridine rings is 1. The Morgan fingerprint density at radius 1 is 1.13 bits per heavy atom. The second-order valence-corrected chi connectivity index (χ2v) is 7.82. The minimum Gasteiger partial charge on any atom is -0.493 e. The zero-order chi connectivity index (χ0) is 22.2. The van der Waals surface area contributed by atoms with Crippen molar-refractivity contribution in [2.45, 2.75) is 27.3 Å². The fourth-order valence-electron chi connectivity index (χ4n) is 2.90. The minimum atomic E-state index is -0.549. The molecule has 0 fully saturated rings. The summed E-state index contributed by atoms with van der Waals surface area (Å²) in [4.78, 5) is 25.2. The van der Waals surface area contributed by atoms with Gasteiger partial charge in [-0.05, 0) is 48.2 Å². The first-order valence-electron chi connectivity index (χ1n) is 10.2. The molecule has 0 aliphatic carbocycles. The molecule has 1 amide bonds. The van der Waals surface area contributed by atoms with Crippen molar-refractivity contribution in [1.29, 1.82) is 0 Å². The molecule has 0 radical (unpaired) electrons. The molecule has 0 aliphatic rings. The van der Waals surface area contributed by atoms with E-state index < -0.39 is 5.91 Å². The molecule has 0 spiro atoms. The first kappa shape index (κ1) is 22.0. The van der Waals surface area contributed by atoms with E-state index in [0.29, 0.717) is 19.1 Å². The summed E-state index contributed by atoms with van der Waals surface area (Å²) in [5.74, 6) is 0.621. The Hall–Kier alpha value is -3.67. The van der Waals surface area contributed by atoms with E-state index in [-0.39, 0.29) is 11.1 Å². The zero-order valence-electron chi connectivity index (χ0n) is 18.0. The number of nitrogens with zero attached hydrogens (tertiary/aromatic N) is 2. The molecule has 0 aliphatic heterocycles. The lowest BCUT2D eigenvalue weighted by atomic mass is 10.1. The van der Waals surface area contributed by atoms with Gasteiger partial charge in [-0.2, -0.15) is 5.10 Å². The molecule has 0 unspecified atom stereocenters. The van der Waals surface area contributed by atoms with Crippen molar-refractivity contribution in [3.05, 3.63) is 99.5 Å². The van der Waals surface area contributed by atoms with Crippen molar-refractivity contribution >= 4 is 12.1 Å². The third-order valence-electron chi connectivity index (χ3n) is 4.56. The quantitative estimate of drug-likeness (QED) is 0.445. The van der Waals surface area contributed by atoms with Crippen molar-refractivity contribution in [2.75, 3.05) is 6.61 Å². The molecule has 0 atom stereocenters. The van der Waals surface area contributed by atoms with Crippen LogP contribution in [0.3, 0.4) is 0 Å². The third-order valence-corrected chi connectivity index (χ3v) is 4.56. The van der Waals surface area contributed by atoms with Gasteiger partial charge < -0.3 is 9.30 Å². The summed E-state index contributed by atoms with van der Waals surface area (Å²) < 4.78 is 7.21. The number of hydrogen-bond donors (Lipinski definition) is 1. The van der Waals surface area contributed by atoms with Gasteiger partial charge in [0.05, 0.1) is 19.4 Å². The predicted molar refractivity (Wildman–Crippen MR) is 123 cm³/mol. The summed E-state index contributed by atoms with van der Waals surface area (Å²) in [5.41, 5.74) is 5.04. The van der Waals surface area contributed by atoms with Crippen LogP contribution < -0.4 is 15.7 Å². The number of aryl methyl sites for hydroxylation is 1. The maximum atomic E-state index is 12.7. The normalized spacial score (nSPS) is 11.1. The number of hydrazone groups is 1. The first-order valence-corrected chi connectivity index (χ1v) is 10.2. The lowest BCUT2D eigenvalue weighted by Crippen LogP contribution is -2.30. The standard InChI is InChI=1S/C25H27N3O3/c1-18(2)17-31-22-7-4-6-21(14-22)15-26-27-24(29)23-8-5-13-28(25(23)30)16-20-11-9-19(3)10-12-20/h4-15,18H,16-17H2,1-3H3,(H,27,29)/b26-15-. The van der Waals surface area contributed by atoms with Crippen molar-refractivity contribution in [1.82, 2.24) is 9.99 Å². The van der Waals surface area contributed by atoms with E-state index in [1.807, 2.05) is 55.5 Å². The van der Waals surface area contributed by atoms with Crippen molar-refractivity contribution in [3.8, 4) is 5.75 Å². The van der Waals surface area contributed by atoms with Crippen LogP contribution in [0.1, 0.15) is 40.9 Å². The molecule has 2 aromatic carbocycles. The molecule has 3 rings (SSSR count). The monoisotopic (exact) mass is 417 g/mol. The van der Waals surface area contributed by atoms with Gasteiger partial charge in [-0.1, -0.05) is 55.8 Å². The van der Waals surface area contributed by atoms with Crippen molar-refractivity contribution < 1.29 is 9.53 Å². The van der Waals surface area contributed by atoms with Crippen LogP contribution in [-0.2, 0) is 6.54 Å². The molecule has 3 aromatic rings. The Bertz CT molecular complexity index is 1120. The molecule has 0 saturated heterocycles. The summed E-state index contributed by atoms with van der Waals surface area (Å²) >= 11 is 0. The number of benzene rings is 2. The Labute approximate surface area is 182 Å². The number of amides is 1. The van der Waals surface area contributed by atoms with E-state index in [4.69, 9.17) is 4.74 Å². The zero-order valence-corrected chi connectivity index (χ0v) is 18.0. The number of carbonyl (C=O) groups excluding carboxylic acids is 1. The number of aromatic nitrogens is 1. The molecule has 6 nitrogen and oxygen atoms in total. The summed E-state index contributed by atoms with van der Waals surface area (Å²) in [6.07, 6.45) is 3.19. The van der Waals surface area contributed by atoms with Crippen LogP contribution in [0.4, 0.5) is 0 Å². The van der Waals surface area contributed by atoms with Gasteiger partial charge in [0.2, 0.25) is 0 Å². The average molecular weight is 418 g/mol. The van der Waals surface area contributed by atoms with E-state index in [1.54, 1.807) is 12.3 Å². The molecule has 160 valence electrons. The fourth-order valence-corrected chi connectivity index (χ4v) is 2.90. The topological polar surface area (TPSA) is 72.7 Å². The number of ether oxygens (including phenoxy) is 1. The minimum absolute atomic E-state index is 0.0424. The van der Waals surface area contributed by atoms with Crippen LogP contribution in [0.25, 0.3) is 0 Å². The van der Waals surface area contributed by atoms with Crippen LogP contribution >= 0.6 is 0 Å². The number of hydrogen-bond acceptors (Lipinski definition) is 4. The lowest BCUT2D eigenvalue weighted by Gasteiger charge is -2.09. The highest BCUT2D eigenvalue weighted by molar-refractivity contribution is 5.94. The molecule has 1 aromatic heterocycles. The van der Waals surface area contributed by atoms with E-state index in [1.165, 1.54) is 16.8 Å². The molecule has 31 heavy (non-hydrogen) atoms. The van der Waals surface area contributed by atoms with Crippen LogP contribution in [0.5, 0.6) is 5.75 Å². The highest BCUT2D eigenvalue weighted by Crippen LogP contribution is 2.13. The SMILES string of the molecule is Cc1ccc(Cn2cccc(C(=O)N/N=C\c3cccc(OCC(C)C)c3)c2=O)cc1. The Balaban J connectivity index is 1.66. The van der Waals surface area contributed by atoms with Gasteiger partial charge in [-0.25, -0.2) is 5.43 Å². The van der Waals surface area contributed by atoms with E-state index in [2.05, 4.69) is 24.4 Å². The molecule has 0 saturated carbocycles. The Morgan fingerprint density at radius 3 is 2.65 bits per heavy atom. The average Bonchev–Trinajstić information content (AvgIpc) is 2.75. The van der Waals surface area contributed by atoms with Crippen LogP contribution in [0.2, 0.25) is 0 Å². The van der Waals surface area contributed by atoms with Crippen molar-refractivity contribution in [3.63, 3.8) is 0 Å². The Morgan fingerprint density at radius 2 is 1.90 bits per heavy atom. The predicted octanol–water partition coefficient (Wildman–Crippen LogP) is 4.00. The van der Waals surface area contributed by atoms with Gasteiger partial charge in [0.15, 0.2) is 0 Å². The molecule has 0 bridgehead atoms. The van der Waals surface area contributed by atoms with Crippen molar-refractivity contribution in [2.24, 2.45) is 11.0 Å². The first-order chi connectivity index (χ1) is 14.9. The molecular weight excluding hydrogens is 390 g/mol. The maximum Gasteiger partial charge on any atom is 0.276 e. The highest BCUT2D eigenvalue weighted by atomic mass is 16.5. The van der Waals surface area contributed by atoms with E-state index >= 15 is 0 Å². The van der Waals surface area contributed by atoms with Gasteiger partial charge in [-0.3, -0.25) is 9.59 Å². The highest BCUT2D eigenvalue weighted by Gasteiger charge is 2.11. The number of rotatable bonds is 8. The smallest absolute Gasteiger partial charge is 0.276 e. The van der Waals surface area contributed by atoms with Gasteiger partial charge in [-0.15, -0.1) is 0 Å². The Kier molecular flexibility index (Phi) is 7.38. The largest absolute Gasteiger partial charge is 0.493 e. The van der Waals surface area contributed by atoms with Gasteiger partial charge >= 0.3 is 0 Å². The van der Waals surface area contributed by atoms with E-state index in [9.17, 15) is 9.59 Å². The van der Waals surface area contributed by atoms with Crippen LogP contribution in [0, 0.1) is 12.8 Å². The molecule has 1 heterocycles. The third kappa shape index (κ3) is 6.40. The van der Waals surface area contributed by atoms with Crippen LogP contribution in [-0.4, -0.2) is 23.3 Å².